The van der Waals surface area contributed by atoms with Crippen LogP contribution in [-0.2, 0) is 18.3 Å². The Bertz CT molecular complexity index is 1850. The summed E-state index contributed by atoms with van der Waals surface area (Å²) in [5.74, 6) is -1.06. The number of nitrogens with one attached hydrogen (secondary N) is 3. The Kier molecular flexibility index (Phi) is 10.8. The molecule has 1 aliphatic heterocycles. The molecule has 0 unspecified atom stereocenters. The van der Waals surface area contributed by atoms with Gasteiger partial charge in [-0.3, -0.25) is 24.0 Å². The van der Waals surface area contributed by atoms with E-state index >= 15 is 0 Å². The van der Waals surface area contributed by atoms with E-state index in [4.69, 9.17) is 4.42 Å². The van der Waals surface area contributed by atoms with E-state index in [0.717, 1.165) is 5.56 Å². The van der Waals surface area contributed by atoms with E-state index in [1.165, 1.54) is 34.2 Å². The van der Waals surface area contributed by atoms with Gasteiger partial charge in [0.1, 0.15) is 22.5 Å². The molecule has 0 aliphatic carbocycles. The third-order valence-corrected chi connectivity index (χ3v) is 8.97. The first-order valence-electron chi connectivity index (χ1n) is 15.8. The molecule has 3 aromatic heterocycles. The summed E-state index contributed by atoms with van der Waals surface area (Å²) in [6, 6.07) is 11.2. The fourth-order valence-corrected chi connectivity index (χ4v) is 6.42. The monoisotopic (exact) mass is 673 g/mol. The third-order valence-electron chi connectivity index (χ3n) is 8.04. The van der Waals surface area contributed by atoms with Gasteiger partial charge >= 0.3 is 0 Å². The minimum atomic E-state index is -0.660. The lowest BCUT2D eigenvalue weighted by atomic mass is 10.0. The number of thiazole rings is 1. The van der Waals surface area contributed by atoms with Gasteiger partial charge in [0.05, 0.1) is 11.6 Å². The lowest BCUT2D eigenvalue weighted by molar-refractivity contribution is -0.122. The topological polar surface area (TPSA) is 169 Å². The summed E-state index contributed by atoms with van der Waals surface area (Å²) in [4.78, 5) is 76.0. The molecule has 0 saturated heterocycles. The maximum atomic E-state index is 13.5. The zero-order chi connectivity index (χ0) is 34.4. The van der Waals surface area contributed by atoms with Crippen molar-refractivity contribution in [3.05, 3.63) is 104 Å². The van der Waals surface area contributed by atoms with Crippen molar-refractivity contribution in [3.63, 3.8) is 0 Å². The van der Waals surface area contributed by atoms with Crippen LogP contribution in [0.25, 0.3) is 0 Å². The minimum Gasteiger partial charge on any atom is -0.443 e. The van der Waals surface area contributed by atoms with E-state index in [1.54, 1.807) is 24.3 Å². The van der Waals surface area contributed by atoms with Gasteiger partial charge in [-0.15, -0.1) is 11.3 Å². The first kappa shape index (κ1) is 34.2. The van der Waals surface area contributed by atoms with Gasteiger partial charge in [-0.05, 0) is 30.9 Å². The molecule has 0 spiro atoms. The highest BCUT2D eigenvalue weighted by Crippen LogP contribution is 2.27. The maximum absolute atomic E-state index is 13.5. The molecule has 0 fully saturated rings. The van der Waals surface area contributed by atoms with Crippen LogP contribution in [-0.4, -0.2) is 62.7 Å². The van der Waals surface area contributed by atoms with Crippen LogP contribution in [0.1, 0.15) is 92.3 Å². The van der Waals surface area contributed by atoms with Crippen molar-refractivity contribution < 1.29 is 23.6 Å². The Morgan fingerprint density at radius 1 is 1.02 bits per heavy atom. The van der Waals surface area contributed by atoms with Crippen LogP contribution in [0.15, 0.2) is 63.3 Å². The normalized spacial score (nSPS) is 18.2. The van der Waals surface area contributed by atoms with Crippen LogP contribution in [0.2, 0.25) is 0 Å². The number of hydrogen-bond acceptors (Lipinski definition) is 9. The number of pyridine rings is 1. The fraction of sp³-hybridized carbons (Fsp3) is 0.382. The van der Waals surface area contributed by atoms with Crippen molar-refractivity contribution in [2.24, 2.45) is 13.0 Å². The number of aromatic nitrogens is 3. The summed E-state index contributed by atoms with van der Waals surface area (Å²) in [6.07, 6.45) is 2.24. The largest absolute Gasteiger partial charge is 0.443 e. The molecule has 48 heavy (non-hydrogen) atoms. The Balaban J connectivity index is 1.46. The first-order chi connectivity index (χ1) is 23.0. The standard InChI is InChI=1S/C34H39N7O6S/c1-20(2)28-33-37-25(19-48-33)30(44)35-14-16-41(34(46)23-12-13-27(43)40(4)18-23)15-8-11-26(42)36-24(17-22-9-6-5-7-10-22)32-39-29(21(3)47-32)31(45)38-28/h5-7,9-10,12-13,18-20,24,28H,8,11,14-17H2,1-4H3,(H,35,44)(H,36,42)(H,38,45)/t24-,28-/m0/s1. The molecule has 4 heterocycles. The number of fused-ring (bicyclic) bond motifs is 4. The van der Waals surface area contributed by atoms with Crippen molar-refractivity contribution in [2.75, 3.05) is 19.6 Å². The highest BCUT2D eigenvalue weighted by Gasteiger charge is 2.29. The molecule has 4 amide bonds. The summed E-state index contributed by atoms with van der Waals surface area (Å²) in [7, 11) is 1.56. The van der Waals surface area contributed by atoms with Gasteiger partial charge in [-0.2, -0.15) is 0 Å². The Labute approximate surface area is 281 Å². The van der Waals surface area contributed by atoms with Crippen molar-refractivity contribution >= 4 is 35.0 Å². The van der Waals surface area contributed by atoms with Crippen molar-refractivity contribution in [3.8, 4) is 0 Å². The number of carbonyl (C=O) groups excluding carboxylic acids is 4. The number of aryl methyl sites for hydroxylation is 2. The van der Waals surface area contributed by atoms with Gasteiger partial charge < -0.3 is 29.8 Å². The average molecular weight is 674 g/mol. The zero-order valence-electron chi connectivity index (χ0n) is 27.3. The van der Waals surface area contributed by atoms with Gasteiger partial charge in [-0.1, -0.05) is 44.2 Å². The number of nitrogens with zero attached hydrogens (tertiary/aromatic N) is 4. The van der Waals surface area contributed by atoms with Gasteiger partial charge in [0.2, 0.25) is 17.4 Å². The SMILES string of the molecule is Cc1oc2nc1C(=O)N[C@@H](C(C)C)c1nc(cs1)C(=O)NCCN(C(=O)c1ccc(=O)n(C)c1)CCCC(=O)N[C@H]2Cc1ccccc1. The molecule has 4 aromatic rings. The van der Waals surface area contributed by atoms with Gasteiger partial charge in [0.15, 0.2) is 5.69 Å². The smallest absolute Gasteiger partial charge is 0.274 e. The second-order valence-electron chi connectivity index (χ2n) is 12.1. The predicted octanol–water partition coefficient (Wildman–Crippen LogP) is 3.33. The molecule has 1 aliphatic rings. The molecular weight excluding hydrogens is 634 g/mol. The Hall–Kier alpha value is -5.11. The van der Waals surface area contributed by atoms with E-state index in [0.29, 0.717) is 29.2 Å². The molecule has 13 nitrogen and oxygen atoms in total. The third kappa shape index (κ3) is 8.23. The summed E-state index contributed by atoms with van der Waals surface area (Å²) in [5.41, 5.74) is 1.29. The lowest BCUT2D eigenvalue weighted by Gasteiger charge is -2.23. The predicted molar refractivity (Wildman–Crippen MR) is 179 cm³/mol. The minimum absolute atomic E-state index is 0.0669. The first-order valence-corrected chi connectivity index (χ1v) is 16.7. The van der Waals surface area contributed by atoms with Crippen LogP contribution in [0.5, 0.6) is 0 Å². The van der Waals surface area contributed by atoms with Crippen LogP contribution in [0.4, 0.5) is 0 Å². The molecular formula is C34H39N7O6S. The molecule has 2 atom stereocenters. The molecule has 4 bridgehead atoms. The molecule has 0 radical (unpaired) electrons. The fourth-order valence-electron chi connectivity index (χ4n) is 5.39. The van der Waals surface area contributed by atoms with Crippen molar-refractivity contribution in [1.29, 1.82) is 0 Å². The van der Waals surface area contributed by atoms with Crippen molar-refractivity contribution in [1.82, 2.24) is 35.4 Å². The van der Waals surface area contributed by atoms with Crippen molar-refractivity contribution in [2.45, 2.75) is 52.1 Å². The lowest BCUT2D eigenvalue weighted by Crippen LogP contribution is -2.40. The van der Waals surface area contributed by atoms with Gasteiger partial charge in [0.25, 0.3) is 17.7 Å². The molecule has 0 saturated carbocycles. The second-order valence-corrected chi connectivity index (χ2v) is 12.9. The summed E-state index contributed by atoms with van der Waals surface area (Å²) in [6.45, 7) is 6.03. The Morgan fingerprint density at radius 3 is 2.52 bits per heavy atom. The molecule has 3 N–H and O–H groups in total. The number of rotatable bonds is 4. The van der Waals surface area contributed by atoms with Crippen LogP contribution < -0.4 is 21.5 Å². The van der Waals surface area contributed by atoms with E-state index < -0.39 is 23.9 Å². The molecule has 252 valence electrons. The highest BCUT2D eigenvalue weighted by atomic mass is 32.1. The number of hydrogen-bond donors (Lipinski definition) is 3. The van der Waals surface area contributed by atoms with E-state index in [2.05, 4.69) is 25.9 Å². The molecule has 5 rings (SSSR count). The average Bonchev–Trinajstić information content (AvgIpc) is 3.71. The zero-order valence-corrected chi connectivity index (χ0v) is 28.1. The number of oxazole rings is 1. The summed E-state index contributed by atoms with van der Waals surface area (Å²) in [5, 5.41) is 11.0. The van der Waals surface area contributed by atoms with E-state index in [-0.39, 0.29) is 66.6 Å². The molecule has 1 aromatic carbocycles. The Morgan fingerprint density at radius 2 is 1.79 bits per heavy atom. The van der Waals surface area contributed by atoms with E-state index in [1.807, 2.05) is 44.2 Å². The molecule has 14 heteroatoms. The number of amides is 4. The number of benzene rings is 1. The second kappa shape index (κ2) is 15.2. The number of carbonyl (C=O) groups is 4. The highest BCUT2D eigenvalue weighted by molar-refractivity contribution is 7.09. The van der Waals surface area contributed by atoms with Crippen LogP contribution in [0, 0.1) is 12.8 Å². The summed E-state index contributed by atoms with van der Waals surface area (Å²) >= 11 is 1.26. The van der Waals surface area contributed by atoms with Gasteiger partial charge in [-0.25, -0.2) is 9.97 Å². The van der Waals surface area contributed by atoms with Crippen LogP contribution in [0.3, 0.4) is 0 Å². The maximum Gasteiger partial charge on any atom is 0.274 e. The quantitative estimate of drug-likeness (QED) is 0.297. The van der Waals surface area contributed by atoms with Gasteiger partial charge in [0, 0.05) is 57.2 Å². The van der Waals surface area contributed by atoms with Crippen LogP contribution >= 0.6 is 11.3 Å². The van der Waals surface area contributed by atoms with E-state index in [9.17, 15) is 24.0 Å². The summed E-state index contributed by atoms with van der Waals surface area (Å²) < 4.78 is 7.32.